The zero-order valence-electron chi connectivity index (χ0n) is 22.2. The maximum absolute atomic E-state index is 2.38. The molecule has 0 heterocycles. The minimum atomic E-state index is 0.516. The van der Waals surface area contributed by atoms with Gasteiger partial charge in [0.15, 0.2) is 0 Å². The summed E-state index contributed by atoms with van der Waals surface area (Å²) < 4.78 is 0. The molecule has 0 radical (unpaired) electrons. The zero-order valence-corrected chi connectivity index (χ0v) is 22.2. The largest absolute Gasteiger partial charge is 0.0616 e. The van der Waals surface area contributed by atoms with Gasteiger partial charge in [-0.1, -0.05) is 123 Å². The van der Waals surface area contributed by atoms with E-state index in [0.29, 0.717) is 5.92 Å². The lowest BCUT2D eigenvalue weighted by atomic mass is 9.87. The average Bonchev–Trinajstić information content (AvgIpc) is 2.98. The molecular weight excluding hydrogens is 468 g/mol. The molecule has 0 heteroatoms. The van der Waals surface area contributed by atoms with Gasteiger partial charge < -0.3 is 0 Å². The highest BCUT2D eigenvalue weighted by Gasteiger charge is 2.14. The Labute approximate surface area is 228 Å². The van der Waals surface area contributed by atoms with Crippen LogP contribution in [0.4, 0.5) is 0 Å². The van der Waals surface area contributed by atoms with E-state index in [0.717, 1.165) is 0 Å². The first kappa shape index (κ1) is 22.3. The van der Waals surface area contributed by atoms with Gasteiger partial charge in [0, 0.05) is 0 Å². The van der Waals surface area contributed by atoms with E-state index >= 15 is 0 Å². The minimum absolute atomic E-state index is 0.516. The summed E-state index contributed by atoms with van der Waals surface area (Å²) in [6.45, 7) is 4.55. The summed E-state index contributed by atoms with van der Waals surface area (Å²) in [6, 6.07) is 47.6. The molecule has 0 nitrogen and oxygen atoms in total. The SMILES string of the molecule is CC(C)c1cc2ccc3ccc(-c4ccc5cc(-c6ccc7ccccc7c6)ccc5c4)c4ccc(c1)c2c34. The van der Waals surface area contributed by atoms with Crippen molar-refractivity contribution in [3.05, 3.63) is 133 Å². The second-order valence-corrected chi connectivity index (χ2v) is 11.2. The topological polar surface area (TPSA) is 0 Å². The van der Waals surface area contributed by atoms with Crippen LogP contribution in [-0.4, -0.2) is 0 Å². The molecule has 0 atom stereocenters. The fourth-order valence-corrected chi connectivity index (χ4v) is 6.39. The zero-order chi connectivity index (χ0) is 26.1. The summed E-state index contributed by atoms with van der Waals surface area (Å²) in [4.78, 5) is 0. The van der Waals surface area contributed by atoms with Crippen LogP contribution in [0.15, 0.2) is 127 Å². The van der Waals surface area contributed by atoms with E-state index in [4.69, 9.17) is 0 Å². The van der Waals surface area contributed by atoms with Gasteiger partial charge >= 0.3 is 0 Å². The van der Waals surface area contributed by atoms with Gasteiger partial charge in [-0.3, -0.25) is 0 Å². The van der Waals surface area contributed by atoms with Crippen LogP contribution in [0.2, 0.25) is 0 Å². The molecule has 0 unspecified atom stereocenters. The van der Waals surface area contributed by atoms with Gasteiger partial charge in [0.25, 0.3) is 0 Å². The molecule has 0 fully saturated rings. The predicted octanol–water partition coefficient (Wildman–Crippen LogP) is 11.3. The van der Waals surface area contributed by atoms with E-state index in [1.807, 2.05) is 0 Å². The van der Waals surface area contributed by atoms with Crippen molar-refractivity contribution in [3.8, 4) is 22.3 Å². The lowest BCUT2D eigenvalue weighted by Gasteiger charge is -2.16. The van der Waals surface area contributed by atoms with Gasteiger partial charge in [-0.2, -0.15) is 0 Å². The summed E-state index contributed by atoms with van der Waals surface area (Å²) in [5, 5.41) is 13.2. The lowest BCUT2D eigenvalue weighted by molar-refractivity contribution is 0.870. The van der Waals surface area contributed by atoms with Crippen molar-refractivity contribution in [1.29, 1.82) is 0 Å². The van der Waals surface area contributed by atoms with Crippen molar-refractivity contribution < 1.29 is 0 Å². The molecule has 184 valence electrons. The van der Waals surface area contributed by atoms with E-state index < -0.39 is 0 Å². The molecule has 0 aliphatic carbocycles. The summed E-state index contributed by atoms with van der Waals surface area (Å²) in [6.07, 6.45) is 0. The Morgan fingerprint density at radius 3 is 1.62 bits per heavy atom. The van der Waals surface area contributed by atoms with Gasteiger partial charge in [-0.15, -0.1) is 0 Å². The highest BCUT2D eigenvalue weighted by molar-refractivity contribution is 6.25. The summed E-state index contributed by atoms with van der Waals surface area (Å²) in [7, 11) is 0. The fraction of sp³-hybridized carbons (Fsp3) is 0.0769. The van der Waals surface area contributed by atoms with E-state index in [1.54, 1.807) is 0 Å². The van der Waals surface area contributed by atoms with Crippen LogP contribution in [0, 0.1) is 0 Å². The molecule has 8 aromatic carbocycles. The van der Waals surface area contributed by atoms with Crippen LogP contribution < -0.4 is 0 Å². The monoisotopic (exact) mass is 496 g/mol. The molecule has 0 amide bonds. The fourth-order valence-electron chi connectivity index (χ4n) is 6.39. The van der Waals surface area contributed by atoms with Gasteiger partial charge in [-0.25, -0.2) is 0 Å². The normalized spacial score (nSPS) is 12.1. The molecule has 0 saturated heterocycles. The quantitative estimate of drug-likeness (QED) is 0.213. The molecule has 0 spiro atoms. The standard InChI is InChI=1S/C39H28/c1-24(2)35-22-33-14-8-26-15-17-36(37-18-16-34(23-35)38(33)39(26)37)32-13-12-30-20-29(10-11-31(30)21-32)28-9-7-25-5-3-4-6-27(25)19-28/h3-24H,1-2H3. The van der Waals surface area contributed by atoms with Crippen molar-refractivity contribution in [2.75, 3.05) is 0 Å². The third kappa shape index (κ3) is 3.52. The van der Waals surface area contributed by atoms with Gasteiger partial charge in [-0.05, 0) is 106 Å². The second kappa shape index (κ2) is 8.41. The molecule has 0 aromatic heterocycles. The van der Waals surface area contributed by atoms with Crippen LogP contribution in [0.25, 0.3) is 76.1 Å². The number of benzene rings is 8. The Balaban J connectivity index is 1.26. The molecule has 0 N–H and O–H groups in total. The van der Waals surface area contributed by atoms with E-state index in [2.05, 4.69) is 141 Å². The molecular formula is C39H28. The molecule has 0 aliphatic heterocycles. The van der Waals surface area contributed by atoms with Crippen molar-refractivity contribution in [1.82, 2.24) is 0 Å². The molecule has 0 aliphatic rings. The van der Waals surface area contributed by atoms with Crippen LogP contribution in [0.1, 0.15) is 25.3 Å². The van der Waals surface area contributed by atoms with Crippen LogP contribution in [-0.2, 0) is 0 Å². The van der Waals surface area contributed by atoms with Crippen molar-refractivity contribution in [2.24, 2.45) is 0 Å². The third-order valence-corrected chi connectivity index (χ3v) is 8.52. The molecule has 8 rings (SSSR count). The maximum atomic E-state index is 2.38. The first-order valence-corrected chi connectivity index (χ1v) is 13.9. The Morgan fingerprint density at radius 1 is 0.385 bits per heavy atom. The Morgan fingerprint density at radius 2 is 0.897 bits per heavy atom. The first-order valence-electron chi connectivity index (χ1n) is 13.9. The smallest absolute Gasteiger partial charge is 0.00206 e. The van der Waals surface area contributed by atoms with Crippen molar-refractivity contribution >= 4 is 53.9 Å². The molecule has 39 heavy (non-hydrogen) atoms. The molecule has 8 aromatic rings. The number of fused-ring (bicyclic) bond motifs is 2. The lowest BCUT2D eigenvalue weighted by Crippen LogP contribution is -1.91. The number of hydrogen-bond donors (Lipinski definition) is 0. The predicted molar refractivity (Wildman–Crippen MR) is 170 cm³/mol. The van der Waals surface area contributed by atoms with Gasteiger partial charge in [0.2, 0.25) is 0 Å². The van der Waals surface area contributed by atoms with Gasteiger partial charge in [0.1, 0.15) is 0 Å². The Bertz CT molecular complexity index is 2180. The van der Waals surface area contributed by atoms with Crippen molar-refractivity contribution in [3.63, 3.8) is 0 Å². The number of hydrogen-bond acceptors (Lipinski definition) is 0. The highest BCUT2D eigenvalue weighted by atomic mass is 14.2. The Hall–Kier alpha value is -4.68. The minimum Gasteiger partial charge on any atom is -0.0616 e. The van der Waals surface area contributed by atoms with Crippen molar-refractivity contribution in [2.45, 2.75) is 19.8 Å². The van der Waals surface area contributed by atoms with Crippen LogP contribution in [0.3, 0.4) is 0 Å². The molecule has 0 saturated carbocycles. The summed E-state index contributed by atoms with van der Waals surface area (Å²) >= 11 is 0. The number of rotatable bonds is 3. The van der Waals surface area contributed by atoms with E-state index in [-0.39, 0.29) is 0 Å². The highest BCUT2D eigenvalue weighted by Crippen LogP contribution is 2.41. The molecule has 0 bridgehead atoms. The second-order valence-electron chi connectivity index (χ2n) is 11.2. The van der Waals surface area contributed by atoms with Crippen LogP contribution in [0.5, 0.6) is 0 Å². The summed E-state index contributed by atoms with van der Waals surface area (Å²) in [5.41, 5.74) is 6.47. The van der Waals surface area contributed by atoms with Crippen LogP contribution >= 0.6 is 0 Å². The third-order valence-electron chi connectivity index (χ3n) is 8.52. The Kier molecular flexibility index (Phi) is 4.81. The van der Waals surface area contributed by atoms with E-state index in [9.17, 15) is 0 Å². The average molecular weight is 497 g/mol. The maximum Gasteiger partial charge on any atom is -0.00206 e. The summed E-state index contributed by atoms with van der Waals surface area (Å²) in [5.74, 6) is 0.516. The first-order chi connectivity index (χ1) is 19.1. The van der Waals surface area contributed by atoms with Gasteiger partial charge in [0.05, 0.1) is 0 Å². The van der Waals surface area contributed by atoms with E-state index in [1.165, 1.54) is 81.7 Å².